The summed E-state index contributed by atoms with van der Waals surface area (Å²) in [6.07, 6.45) is 13.9. The van der Waals surface area contributed by atoms with Crippen molar-refractivity contribution in [3.8, 4) is 5.75 Å². The van der Waals surface area contributed by atoms with Crippen LogP contribution in [-0.2, 0) is 22.5 Å². The van der Waals surface area contributed by atoms with E-state index in [1.165, 1.54) is 68.9 Å². The van der Waals surface area contributed by atoms with Crippen LogP contribution in [0.2, 0.25) is 0 Å². The van der Waals surface area contributed by atoms with Crippen LogP contribution in [0.5, 0.6) is 5.75 Å². The summed E-state index contributed by atoms with van der Waals surface area (Å²) in [6, 6.07) is 18.5. The molecule has 0 fully saturated rings. The number of ether oxygens (including phenoxy) is 2. The highest BCUT2D eigenvalue weighted by Gasteiger charge is 2.32. The second kappa shape index (κ2) is 17.2. The predicted molar refractivity (Wildman–Crippen MR) is 155 cm³/mol. The van der Waals surface area contributed by atoms with E-state index >= 15 is 0 Å². The lowest BCUT2D eigenvalue weighted by molar-refractivity contribution is -0.917. The fourth-order valence-electron chi connectivity index (χ4n) is 4.63. The number of hydrogen-bond donors (Lipinski definition) is 0. The van der Waals surface area contributed by atoms with Gasteiger partial charge in [-0.2, -0.15) is 0 Å². The van der Waals surface area contributed by atoms with Crippen molar-refractivity contribution in [3.63, 3.8) is 0 Å². The van der Waals surface area contributed by atoms with Gasteiger partial charge >= 0.3 is 5.97 Å². The van der Waals surface area contributed by atoms with Gasteiger partial charge in [0.1, 0.15) is 12.3 Å². The molecule has 0 aromatic heterocycles. The number of quaternary nitrogens is 1. The van der Waals surface area contributed by atoms with Crippen LogP contribution in [0.3, 0.4) is 0 Å². The summed E-state index contributed by atoms with van der Waals surface area (Å²) in [6.45, 7) is 7.41. The normalized spacial score (nSPS) is 13.2. The van der Waals surface area contributed by atoms with Crippen molar-refractivity contribution in [3.05, 3.63) is 65.7 Å². The molecule has 4 nitrogen and oxygen atoms in total. The van der Waals surface area contributed by atoms with Gasteiger partial charge in [0, 0.05) is 12.0 Å². The predicted octanol–water partition coefficient (Wildman–Crippen LogP) is 8.13. The SMILES string of the molecule is CCCCCCCCCCCc1cccc(OC(C)CCOC(=O)C(C)[N+](C)(C)Cc2ccccc2)c1. The molecule has 0 bridgehead atoms. The number of benzene rings is 2. The molecule has 0 aliphatic carbocycles. The lowest BCUT2D eigenvalue weighted by Crippen LogP contribution is -2.51. The van der Waals surface area contributed by atoms with Crippen molar-refractivity contribution in [2.45, 2.75) is 110 Å². The van der Waals surface area contributed by atoms with Gasteiger partial charge in [-0.15, -0.1) is 0 Å². The molecule has 206 valence electrons. The monoisotopic (exact) mass is 510 g/mol. The van der Waals surface area contributed by atoms with Crippen molar-refractivity contribution in [1.29, 1.82) is 0 Å². The summed E-state index contributed by atoms with van der Waals surface area (Å²) >= 11 is 0. The summed E-state index contributed by atoms with van der Waals surface area (Å²) in [5, 5.41) is 0. The van der Waals surface area contributed by atoms with E-state index in [1.807, 2.05) is 38.1 Å². The first-order valence-electron chi connectivity index (χ1n) is 14.6. The van der Waals surface area contributed by atoms with Crippen molar-refractivity contribution < 1.29 is 18.8 Å². The first kappa shape index (κ1) is 30.9. The molecule has 2 rings (SSSR count). The number of aryl methyl sites for hydroxylation is 1. The topological polar surface area (TPSA) is 35.5 Å². The van der Waals surface area contributed by atoms with Crippen molar-refractivity contribution >= 4 is 5.97 Å². The van der Waals surface area contributed by atoms with Crippen LogP contribution >= 0.6 is 0 Å². The van der Waals surface area contributed by atoms with E-state index in [9.17, 15) is 4.79 Å². The zero-order valence-corrected chi connectivity index (χ0v) is 24.2. The van der Waals surface area contributed by atoms with Crippen LogP contribution in [0.15, 0.2) is 54.6 Å². The van der Waals surface area contributed by atoms with Gasteiger partial charge in [-0.1, -0.05) is 101 Å². The molecule has 2 atom stereocenters. The van der Waals surface area contributed by atoms with Gasteiger partial charge in [-0.05, 0) is 44.4 Å². The molecular formula is C33H52NO3+. The summed E-state index contributed by atoms with van der Waals surface area (Å²) in [5.41, 5.74) is 2.56. The summed E-state index contributed by atoms with van der Waals surface area (Å²) in [7, 11) is 4.15. The van der Waals surface area contributed by atoms with Crippen molar-refractivity contribution in [2.24, 2.45) is 0 Å². The fourth-order valence-corrected chi connectivity index (χ4v) is 4.63. The lowest BCUT2D eigenvalue weighted by Gasteiger charge is -2.34. The number of carbonyl (C=O) groups is 1. The Labute approximate surface area is 227 Å². The second-order valence-electron chi connectivity index (χ2n) is 11.2. The van der Waals surface area contributed by atoms with E-state index in [0.717, 1.165) is 18.7 Å². The third-order valence-corrected chi connectivity index (χ3v) is 7.40. The first-order chi connectivity index (χ1) is 17.8. The van der Waals surface area contributed by atoms with Crippen LogP contribution in [0, 0.1) is 0 Å². The standard InChI is InChI=1S/C33H52NO3/c1-6-7-8-9-10-11-12-13-15-19-30-22-18-23-32(26-30)37-28(2)24-25-36-33(35)29(3)34(4,5)27-31-20-16-14-17-21-31/h14,16-18,20-23,26,28-29H,6-13,15,19,24-25,27H2,1-5H3/q+1. The smallest absolute Gasteiger partial charge is 0.364 e. The number of carbonyl (C=O) groups excluding carboxylic acids is 1. The molecule has 0 aliphatic heterocycles. The fraction of sp³-hybridized carbons (Fsp3) is 0.606. The average molecular weight is 511 g/mol. The molecule has 2 aromatic carbocycles. The minimum absolute atomic E-state index is 0.0158. The molecule has 0 saturated heterocycles. The minimum Gasteiger partial charge on any atom is -0.491 e. The number of rotatable bonds is 19. The van der Waals surface area contributed by atoms with Gasteiger partial charge in [-0.25, -0.2) is 4.79 Å². The molecule has 0 heterocycles. The molecular weight excluding hydrogens is 458 g/mol. The van der Waals surface area contributed by atoms with Crippen molar-refractivity contribution in [2.75, 3.05) is 20.7 Å². The molecule has 0 amide bonds. The number of nitrogens with zero attached hydrogens (tertiary/aromatic N) is 1. The summed E-state index contributed by atoms with van der Waals surface area (Å²) < 4.78 is 12.3. The van der Waals surface area contributed by atoms with Crippen LogP contribution in [0.1, 0.15) is 96.1 Å². The van der Waals surface area contributed by atoms with Gasteiger partial charge < -0.3 is 14.0 Å². The Hall–Kier alpha value is -2.33. The number of esters is 1. The van der Waals surface area contributed by atoms with Gasteiger partial charge in [0.2, 0.25) is 0 Å². The Kier molecular flexibility index (Phi) is 14.4. The van der Waals surface area contributed by atoms with Gasteiger partial charge in [0.05, 0.1) is 26.8 Å². The van der Waals surface area contributed by atoms with E-state index in [-0.39, 0.29) is 18.1 Å². The van der Waals surface area contributed by atoms with E-state index < -0.39 is 0 Å². The maximum absolute atomic E-state index is 12.7. The van der Waals surface area contributed by atoms with E-state index in [4.69, 9.17) is 9.47 Å². The Morgan fingerprint density at radius 3 is 2.11 bits per heavy atom. The van der Waals surface area contributed by atoms with E-state index in [0.29, 0.717) is 17.5 Å². The second-order valence-corrected chi connectivity index (χ2v) is 11.2. The third-order valence-electron chi connectivity index (χ3n) is 7.40. The maximum atomic E-state index is 12.7. The third kappa shape index (κ3) is 12.6. The highest BCUT2D eigenvalue weighted by atomic mass is 16.5. The summed E-state index contributed by atoms with van der Waals surface area (Å²) in [5.74, 6) is 0.748. The Morgan fingerprint density at radius 1 is 0.811 bits per heavy atom. The van der Waals surface area contributed by atoms with Crippen LogP contribution in [-0.4, -0.2) is 43.3 Å². The quantitative estimate of drug-likeness (QED) is 0.109. The Morgan fingerprint density at radius 2 is 1.43 bits per heavy atom. The van der Waals surface area contributed by atoms with Gasteiger partial charge in [0.25, 0.3) is 0 Å². The zero-order valence-electron chi connectivity index (χ0n) is 24.2. The summed E-state index contributed by atoms with van der Waals surface area (Å²) in [4.78, 5) is 12.7. The largest absolute Gasteiger partial charge is 0.491 e. The number of hydrogen-bond acceptors (Lipinski definition) is 3. The van der Waals surface area contributed by atoms with E-state index in [2.05, 4.69) is 51.4 Å². The Balaban J connectivity index is 1.65. The number of likely N-dealkylation sites (N-methyl/N-ethyl adjacent to an activating group) is 1. The maximum Gasteiger partial charge on any atom is 0.364 e. The molecule has 0 spiro atoms. The minimum atomic E-state index is -0.242. The van der Waals surface area contributed by atoms with E-state index in [1.54, 1.807) is 0 Å². The molecule has 37 heavy (non-hydrogen) atoms. The molecule has 2 aromatic rings. The average Bonchev–Trinajstić information content (AvgIpc) is 2.87. The van der Waals surface area contributed by atoms with Gasteiger partial charge in [0.15, 0.2) is 6.04 Å². The van der Waals surface area contributed by atoms with Crippen LogP contribution in [0.4, 0.5) is 0 Å². The molecule has 0 N–H and O–H groups in total. The lowest BCUT2D eigenvalue weighted by atomic mass is 10.0. The molecule has 0 saturated carbocycles. The molecule has 4 heteroatoms. The first-order valence-corrected chi connectivity index (χ1v) is 14.6. The molecule has 0 aliphatic rings. The zero-order chi connectivity index (χ0) is 26.9. The van der Waals surface area contributed by atoms with Crippen LogP contribution < -0.4 is 4.74 Å². The highest BCUT2D eigenvalue weighted by Crippen LogP contribution is 2.19. The highest BCUT2D eigenvalue weighted by molar-refractivity contribution is 5.74. The Bertz CT molecular complexity index is 880. The van der Waals surface area contributed by atoms with Crippen LogP contribution in [0.25, 0.3) is 0 Å². The molecule has 2 unspecified atom stereocenters. The van der Waals surface area contributed by atoms with Crippen molar-refractivity contribution in [1.82, 2.24) is 0 Å². The van der Waals surface area contributed by atoms with Gasteiger partial charge in [-0.3, -0.25) is 0 Å². The molecule has 0 radical (unpaired) electrons. The number of unbranched alkanes of at least 4 members (excludes halogenated alkanes) is 8.